The van der Waals surface area contributed by atoms with E-state index < -0.39 is 11.9 Å². The van der Waals surface area contributed by atoms with Crippen LogP contribution in [0.15, 0.2) is 5.16 Å². The summed E-state index contributed by atoms with van der Waals surface area (Å²) in [5, 5.41) is 10.7. The monoisotopic (exact) mass is 255 g/mol. The third-order valence-corrected chi connectivity index (χ3v) is 3.29. The van der Waals surface area contributed by atoms with Crippen molar-refractivity contribution in [2.45, 2.75) is 31.0 Å². The van der Waals surface area contributed by atoms with Gasteiger partial charge in [-0.1, -0.05) is 11.8 Å². The third kappa shape index (κ3) is 2.96. The summed E-state index contributed by atoms with van der Waals surface area (Å²) < 4.78 is 2.03. The molecule has 0 saturated heterocycles. The molecule has 1 aromatic heterocycles. The first-order valence-corrected chi connectivity index (χ1v) is 6.20. The van der Waals surface area contributed by atoms with Gasteiger partial charge in [-0.3, -0.25) is 10.1 Å². The first kappa shape index (κ1) is 11.9. The molecule has 3 N–H and O–H groups in total. The van der Waals surface area contributed by atoms with Crippen LogP contribution in [0.1, 0.15) is 24.7 Å². The largest absolute Gasteiger partial charge is 0.351 e. The Morgan fingerprint density at radius 1 is 1.53 bits per heavy atom. The van der Waals surface area contributed by atoms with Crippen molar-refractivity contribution in [1.82, 2.24) is 20.1 Å². The Balaban J connectivity index is 1.95. The Morgan fingerprint density at radius 3 is 2.82 bits per heavy atom. The van der Waals surface area contributed by atoms with Crippen molar-refractivity contribution in [3.63, 3.8) is 0 Å². The zero-order valence-electron chi connectivity index (χ0n) is 9.34. The average molecular weight is 255 g/mol. The van der Waals surface area contributed by atoms with Crippen LogP contribution in [0.3, 0.4) is 0 Å². The summed E-state index contributed by atoms with van der Waals surface area (Å²) in [6.07, 6.45) is 2.25. The summed E-state index contributed by atoms with van der Waals surface area (Å²) in [6.45, 7) is 1.89. The van der Waals surface area contributed by atoms with E-state index in [2.05, 4.69) is 10.2 Å². The quantitative estimate of drug-likeness (QED) is 0.748. The van der Waals surface area contributed by atoms with Crippen LogP contribution in [0.5, 0.6) is 0 Å². The molecule has 0 radical (unpaired) electrons. The van der Waals surface area contributed by atoms with Gasteiger partial charge in [-0.2, -0.15) is 0 Å². The molecule has 8 heteroatoms. The van der Waals surface area contributed by atoms with E-state index >= 15 is 0 Å². The minimum atomic E-state index is -0.838. The molecule has 17 heavy (non-hydrogen) atoms. The molecule has 0 aromatic carbocycles. The first-order valence-electron chi connectivity index (χ1n) is 5.21. The molecule has 92 valence electrons. The number of aryl methyl sites for hydroxylation is 1. The molecule has 0 bridgehead atoms. The summed E-state index contributed by atoms with van der Waals surface area (Å²) >= 11 is 1.26. The van der Waals surface area contributed by atoms with Gasteiger partial charge < -0.3 is 10.3 Å². The highest BCUT2D eigenvalue weighted by atomic mass is 32.2. The second kappa shape index (κ2) is 4.74. The molecular formula is C9H13N5O2S. The standard InChI is InChI=1S/C9H13N5O2S/c1-5-12-13-9(14(5)6-2-3-6)17-4-7(15)11-8(10)16/h6H,2-4H2,1H3,(H3,10,11,15,16). The smallest absolute Gasteiger partial charge is 0.318 e. The number of nitrogens with one attached hydrogen (secondary N) is 1. The molecule has 3 amide bonds. The SMILES string of the molecule is Cc1nnc(SCC(=O)NC(N)=O)n1C1CC1. The number of hydrogen-bond acceptors (Lipinski definition) is 5. The number of imide groups is 1. The summed E-state index contributed by atoms with van der Waals surface area (Å²) in [5.41, 5.74) is 4.84. The second-order valence-corrected chi connectivity index (χ2v) is 4.77. The van der Waals surface area contributed by atoms with Crippen LogP contribution in [-0.2, 0) is 4.79 Å². The van der Waals surface area contributed by atoms with Crippen molar-refractivity contribution in [3.8, 4) is 0 Å². The molecule has 0 atom stereocenters. The third-order valence-electron chi connectivity index (χ3n) is 2.34. The number of carbonyl (C=O) groups excluding carboxylic acids is 2. The van der Waals surface area contributed by atoms with E-state index in [1.807, 2.05) is 16.8 Å². The van der Waals surface area contributed by atoms with Gasteiger partial charge in [-0.05, 0) is 19.8 Å². The van der Waals surface area contributed by atoms with Gasteiger partial charge in [0.1, 0.15) is 5.82 Å². The van der Waals surface area contributed by atoms with Gasteiger partial charge >= 0.3 is 6.03 Å². The summed E-state index contributed by atoms with van der Waals surface area (Å²) in [7, 11) is 0. The highest BCUT2D eigenvalue weighted by Gasteiger charge is 2.28. The van der Waals surface area contributed by atoms with Gasteiger partial charge in [0.2, 0.25) is 5.91 Å². The molecule has 1 aromatic rings. The Kier molecular flexibility index (Phi) is 3.32. The molecule has 7 nitrogen and oxygen atoms in total. The lowest BCUT2D eigenvalue weighted by Gasteiger charge is -2.05. The van der Waals surface area contributed by atoms with Crippen LogP contribution in [-0.4, -0.2) is 32.5 Å². The zero-order valence-corrected chi connectivity index (χ0v) is 10.2. The lowest BCUT2D eigenvalue weighted by atomic mass is 10.6. The van der Waals surface area contributed by atoms with Gasteiger partial charge in [0.25, 0.3) is 0 Å². The number of urea groups is 1. The van der Waals surface area contributed by atoms with E-state index in [0.29, 0.717) is 11.2 Å². The Hall–Kier alpha value is -1.57. The molecule has 0 aliphatic heterocycles. The number of primary amides is 1. The van der Waals surface area contributed by atoms with E-state index in [1.54, 1.807) is 0 Å². The predicted octanol–water partition coefficient (Wildman–Crippen LogP) is 0.208. The van der Waals surface area contributed by atoms with Gasteiger partial charge in [-0.25, -0.2) is 4.79 Å². The minimum Gasteiger partial charge on any atom is -0.351 e. The fourth-order valence-corrected chi connectivity index (χ4v) is 2.36. The van der Waals surface area contributed by atoms with E-state index in [-0.39, 0.29) is 5.75 Å². The predicted molar refractivity (Wildman–Crippen MR) is 61.5 cm³/mol. The van der Waals surface area contributed by atoms with Crippen molar-refractivity contribution in [2.24, 2.45) is 5.73 Å². The Morgan fingerprint density at radius 2 is 2.24 bits per heavy atom. The topological polar surface area (TPSA) is 103 Å². The molecule has 1 saturated carbocycles. The van der Waals surface area contributed by atoms with Crippen molar-refractivity contribution in [2.75, 3.05) is 5.75 Å². The van der Waals surface area contributed by atoms with Crippen LogP contribution in [0.4, 0.5) is 4.79 Å². The van der Waals surface area contributed by atoms with Crippen molar-refractivity contribution in [3.05, 3.63) is 5.82 Å². The number of rotatable bonds is 4. The molecule has 1 fully saturated rings. The highest BCUT2D eigenvalue weighted by Crippen LogP contribution is 2.38. The molecule has 1 aliphatic rings. The number of nitrogens with zero attached hydrogens (tertiary/aromatic N) is 3. The van der Waals surface area contributed by atoms with Crippen LogP contribution in [0.2, 0.25) is 0 Å². The summed E-state index contributed by atoms with van der Waals surface area (Å²) in [4.78, 5) is 21.7. The van der Waals surface area contributed by atoms with Gasteiger partial charge in [0, 0.05) is 6.04 Å². The number of thioether (sulfide) groups is 1. The van der Waals surface area contributed by atoms with E-state index in [4.69, 9.17) is 5.73 Å². The molecule has 0 unspecified atom stereocenters. The van der Waals surface area contributed by atoms with E-state index in [1.165, 1.54) is 11.8 Å². The normalized spacial score (nSPS) is 14.6. The summed E-state index contributed by atoms with van der Waals surface area (Å²) in [6, 6.07) is -0.373. The first-order chi connectivity index (χ1) is 8.08. The molecular weight excluding hydrogens is 242 g/mol. The fraction of sp³-hybridized carbons (Fsp3) is 0.556. The van der Waals surface area contributed by atoms with Crippen LogP contribution in [0, 0.1) is 6.92 Å². The van der Waals surface area contributed by atoms with E-state index in [9.17, 15) is 9.59 Å². The zero-order chi connectivity index (χ0) is 12.4. The molecule has 0 spiro atoms. The lowest BCUT2D eigenvalue weighted by Crippen LogP contribution is -2.36. The number of hydrogen-bond donors (Lipinski definition) is 2. The molecule has 2 rings (SSSR count). The van der Waals surface area contributed by atoms with Crippen LogP contribution < -0.4 is 11.1 Å². The van der Waals surface area contributed by atoms with Gasteiger partial charge in [0.15, 0.2) is 5.16 Å². The van der Waals surface area contributed by atoms with E-state index in [0.717, 1.165) is 18.7 Å². The lowest BCUT2D eigenvalue weighted by molar-refractivity contribution is -0.117. The number of amides is 3. The van der Waals surface area contributed by atoms with Gasteiger partial charge in [-0.15, -0.1) is 10.2 Å². The Bertz CT molecular complexity index is 454. The maximum absolute atomic E-state index is 11.2. The fourth-order valence-electron chi connectivity index (χ4n) is 1.51. The maximum atomic E-state index is 11.2. The molecule has 1 heterocycles. The van der Waals surface area contributed by atoms with Crippen LogP contribution >= 0.6 is 11.8 Å². The van der Waals surface area contributed by atoms with Crippen molar-refractivity contribution < 1.29 is 9.59 Å². The average Bonchev–Trinajstić information content (AvgIpc) is 2.99. The van der Waals surface area contributed by atoms with Crippen molar-refractivity contribution >= 4 is 23.7 Å². The second-order valence-electron chi connectivity index (χ2n) is 3.83. The number of carbonyl (C=O) groups is 2. The van der Waals surface area contributed by atoms with Crippen LogP contribution in [0.25, 0.3) is 0 Å². The number of nitrogens with two attached hydrogens (primary N) is 1. The van der Waals surface area contributed by atoms with Crippen molar-refractivity contribution in [1.29, 1.82) is 0 Å². The van der Waals surface area contributed by atoms with Gasteiger partial charge in [0.05, 0.1) is 5.75 Å². The minimum absolute atomic E-state index is 0.105. The number of aromatic nitrogens is 3. The summed E-state index contributed by atoms with van der Waals surface area (Å²) in [5.74, 6) is 0.532. The Labute approximate surface area is 102 Å². The maximum Gasteiger partial charge on any atom is 0.318 e. The molecule has 1 aliphatic carbocycles. The highest BCUT2D eigenvalue weighted by molar-refractivity contribution is 7.99.